The highest BCUT2D eigenvalue weighted by molar-refractivity contribution is 5.21. The third-order valence-electron chi connectivity index (χ3n) is 3.05. The molecule has 0 N–H and O–H groups in total. The molecule has 1 unspecified atom stereocenters. The summed E-state index contributed by atoms with van der Waals surface area (Å²) >= 11 is 0. The highest BCUT2D eigenvalue weighted by Crippen LogP contribution is 2.30. The highest BCUT2D eigenvalue weighted by Gasteiger charge is 2.28. The number of aromatic nitrogens is 1. The number of pyridine rings is 1. The molecule has 1 aromatic heterocycles. The van der Waals surface area contributed by atoms with Crippen molar-refractivity contribution in [1.29, 1.82) is 0 Å². The lowest BCUT2D eigenvalue weighted by molar-refractivity contribution is -0.154. The van der Waals surface area contributed by atoms with E-state index in [9.17, 15) is 13.2 Å². The van der Waals surface area contributed by atoms with E-state index in [-0.39, 0.29) is 5.88 Å². The van der Waals surface area contributed by atoms with Gasteiger partial charge in [0.25, 0.3) is 0 Å². The van der Waals surface area contributed by atoms with Crippen LogP contribution in [0.3, 0.4) is 0 Å². The number of halogens is 3. The number of hydrogen-bond acceptors (Lipinski definition) is 3. The maximum absolute atomic E-state index is 12.0. The molecule has 0 saturated carbocycles. The molecule has 0 spiro atoms. The van der Waals surface area contributed by atoms with Crippen LogP contribution in [0.25, 0.3) is 0 Å². The predicted molar refractivity (Wildman–Crippen MR) is 60.4 cm³/mol. The van der Waals surface area contributed by atoms with Crippen LogP contribution in [-0.4, -0.2) is 36.3 Å². The maximum atomic E-state index is 12.0. The first kappa shape index (κ1) is 13.1. The van der Waals surface area contributed by atoms with Crippen LogP contribution in [0.1, 0.15) is 24.4 Å². The predicted octanol–water partition coefficient (Wildman–Crippen LogP) is 2.79. The molecular weight excluding hydrogens is 245 g/mol. The lowest BCUT2D eigenvalue weighted by Gasteiger charge is -2.19. The average Bonchev–Trinajstić information content (AvgIpc) is 2.73. The van der Waals surface area contributed by atoms with Gasteiger partial charge in [0.1, 0.15) is 0 Å². The molecule has 0 radical (unpaired) electrons. The number of hydrogen-bond donors (Lipinski definition) is 0. The van der Waals surface area contributed by atoms with Gasteiger partial charge in [0, 0.05) is 18.3 Å². The quantitative estimate of drug-likeness (QED) is 0.835. The molecule has 3 nitrogen and oxygen atoms in total. The summed E-state index contributed by atoms with van der Waals surface area (Å²) in [5.41, 5.74) is 1.02. The highest BCUT2D eigenvalue weighted by atomic mass is 19.4. The van der Waals surface area contributed by atoms with E-state index >= 15 is 0 Å². The normalized spacial score (nSPS) is 21.2. The van der Waals surface area contributed by atoms with Gasteiger partial charge < -0.3 is 4.74 Å². The molecule has 0 aromatic carbocycles. The number of nitrogens with zero attached hydrogens (tertiary/aromatic N) is 2. The van der Waals surface area contributed by atoms with Gasteiger partial charge in [0.15, 0.2) is 6.61 Å². The molecule has 2 rings (SSSR count). The van der Waals surface area contributed by atoms with Crippen molar-refractivity contribution < 1.29 is 17.9 Å². The summed E-state index contributed by atoms with van der Waals surface area (Å²) in [6, 6.07) is 3.59. The number of likely N-dealkylation sites (tertiary alicyclic amines) is 1. The zero-order chi connectivity index (χ0) is 13.2. The maximum Gasteiger partial charge on any atom is 0.422 e. The Labute approximate surface area is 104 Å². The molecule has 0 aliphatic carbocycles. The van der Waals surface area contributed by atoms with Crippen LogP contribution >= 0.6 is 0 Å². The second-order valence-corrected chi connectivity index (χ2v) is 4.47. The minimum Gasteiger partial charge on any atom is -0.468 e. The van der Waals surface area contributed by atoms with Crippen LogP contribution in [-0.2, 0) is 0 Å². The number of ether oxygens (including phenoxy) is 1. The molecular formula is C12H15F3N2O. The van der Waals surface area contributed by atoms with E-state index in [1.165, 1.54) is 6.07 Å². The molecule has 18 heavy (non-hydrogen) atoms. The van der Waals surface area contributed by atoms with Crippen molar-refractivity contribution >= 4 is 0 Å². The molecule has 0 bridgehead atoms. The average molecular weight is 260 g/mol. The monoisotopic (exact) mass is 260 g/mol. The van der Waals surface area contributed by atoms with E-state index in [0.717, 1.165) is 24.9 Å². The zero-order valence-electron chi connectivity index (χ0n) is 10.1. The van der Waals surface area contributed by atoms with Crippen LogP contribution in [0.4, 0.5) is 13.2 Å². The third-order valence-corrected chi connectivity index (χ3v) is 3.05. The summed E-state index contributed by atoms with van der Waals surface area (Å²) in [7, 11) is 2.03. The lowest BCUT2D eigenvalue weighted by atomic mass is 10.1. The first-order chi connectivity index (χ1) is 8.46. The zero-order valence-corrected chi connectivity index (χ0v) is 10.1. The fraction of sp³-hybridized carbons (Fsp3) is 0.583. The largest absolute Gasteiger partial charge is 0.468 e. The van der Waals surface area contributed by atoms with Crippen LogP contribution in [0.5, 0.6) is 5.88 Å². The van der Waals surface area contributed by atoms with E-state index < -0.39 is 12.8 Å². The molecule has 1 fully saturated rings. The van der Waals surface area contributed by atoms with Gasteiger partial charge in [0.2, 0.25) is 5.88 Å². The summed E-state index contributed by atoms with van der Waals surface area (Å²) in [4.78, 5) is 6.13. The van der Waals surface area contributed by atoms with Gasteiger partial charge in [0.05, 0.1) is 0 Å². The van der Waals surface area contributed by atoms with Crippen molar-refractivity contribution in [2.45, 2.75) is 25.1 Å². The summed E-state index contributed by atoms with van der Waals surface area (Å²) in [6.07, 6.45) is -0.543. The Morgan fingerprint density at radius 1 is 1.44 bits per heavy atom. The minimum absolute atomic E-state index is 0.0109. The van der Waals surface area contributed by atoms with Crippen molar-refractivity contribution in [1.82, 2.24) is 9.88 Å². The molecule has 1 atom stereocenters. The molecule has 1 saturated heterocycles. The Morgan fingerprint density at radius 3 is 2.72 bits per heavy atom. The summed E-state index contributed by atoms with van der Waals surface area (Å²) in [6.45, 7) is -0.264. The molecule has 2 heterocycles. The summed E-state index contributed by atoms with van der Waals surface area (Å²) in [5.74, 6) is 0.0109. The molecule has 100 valence electrons. The Bertz CT molecular complexity index is 391. The Morgan fingerprint density at radius 2 is 2.22 bits per heavy atom. The fourth-order valence-corrected chi connectivity index (χ4v) is 2.16. The summed E-state index contributed by atoms with van der Waals surface area (Å²) < 4.78 is 40.4. The van der Waals surface area contributed by atoms with Crippen molar-refractivity contribution in [3.63, 3.8) is 0 Å². The molecule has 6 heteroatoms. The summed E-state index contributed by atoms with van der Waals surface area (Å²) in [5, 5.41) is 0. The van der Waals surface area contributed by atoms with Gasteiger partial charge in [-0.25, -0.2) is 4.98 Å². The Kier molecular flexibility index (Phi) is 3.75. The third kappa shape index (κ3) is 3.35. The molecule has 1 aromatic rings. The van der Waals surface area contributed by atoms with Crippen molar-refractivity contribution in [2.24, 2.45) is 0 Å². The Balaban J connectivity index is 1.97. The van der Waals surface area contributed by atoms with Gasteiger partial charge in [-0.3, -0.25) is 4.90 Å². The first-order valence-electron chi connectivity index (χ1n) is 5.81. The number of rotatable bonds is 3. The van der Waals surface area contributed by atoms with E-state index in [4.69, 9.17) is 0 Å². The van der Waals surface area contributed by atoms with E-state index in [0.29, 0.717) is 6.04 Å². The fourth-order valence-electron chi connectivity index (χ4n) is 2.16. The van der Waals surface area contributed by atoms with Gasteiger partial charge in [-0.15, -0.1) is 0 Å². The van der Waals surface area contributed by atoms with Crippen LogP contribution in [0.15, 0.2) is 18.3 Å². The van der Waals surface area contributed by atoms with Gasteiger partial charge >= 0.3 is 6.18 Å². The van der Waals surface area contributed by atoms with E-state index in [1.807, 2.05) is 7.05 Å². The van der Waals surface area contributed by atoms with Crippen LogP contribution in [0.2, 0.25) is 0 Å². The van der Waals surface area contributed by atoms with Crippen molar-refractivity contribution in [3.05, 3.63) is 23.9 Å². The van der Waals surface area contributed by atoms with Crippen LogP contribution < -0.4 is 4.74 Å². The standard InChI is InChI=1S/C12H15F3N2O/c1-17-6-2-3-10(17)9-4-5-11(16-7-9)18-8-12(13,14)15/h4-5,7,10H,2-3,6,8H2,1H3. The molecule has 1 aliphatic heterocycles. The van der Waals surface area contributed by atoms with Crippen molar-refractivity contribution in [3.8, 4) is 5.88 Å². The van der Waals surface area contributed by atoms with Gasteiger partial charge in [-0.2, -0.15) is 13.2 Å². The SMILES string of the molecule is CN1CCCC1c1ccc(OCC(F)(F)F)nc1. The number of alkyl halides is 3. The minimum atomic E-state index is -4.33. The van der Waals surface area contributed by atoms with Gasteiger partial charge in [-0.1, -0.05) is 6.07 Å². The second kappa shape index (κ2) is 5.14. The Hall–Kier alpha value is -1.30. The lowest BCUT2D eigenvalue weighted by Crippen LogP contribution is -2.20. The smallest absolute Gasteiger partial charge is 0.422 e. The van der Waals surface area contributed by atoms with Crippen LogP contribution in [0, 0.1) is 0 Å². The van der Waals surface area contributed by atoms with Gasteiger partial charge in [-0.05, 0) is 32.0 Å². The van der Waals surface area contributed by atoms with Crippen molar-refractivity contribution in [2.75, 3.05) is 20.2 Å². The second-order valence-electron chi connectivity index (χ2n) is 4.47. The molecule has 1 aliphatic rings. The van der Waals surface area contributed by atoms with E-state index in [2.05, 4.69) is 14.6 Å². The first-order valence-corrected chi connectivity index (χ1v) is 5.81. The molecule has 0 amide bonds. The van der Waals surface area contributed by atoms with E-state index in [1.54, 1.807) is 12.3 Å². The topological polar surface area (TPSA) is 25.4 Å².